The van der Waals surface area contributed by atoms with Gasteiger partial charge in [-0.25, -0.2) is 4.98 Å². The van der Waals surface area contributed by atoms with Crippen LogP contribution in [0.3, 0.4) is 0 Å². The van der Waals surface area contributed by atoms with E-state index >= 15 is 0 Å². The van der Waals surface area contributed by atoms with Gasteiger partial charge in [-0.2, -0.15) is 0 Å². The van der Waals surface area contributed by atoms with Crippen molar-refractivity contribution in [2.45, 2.75) is 32.7 Å². The van der Waals surface area contributed by atoms with E-state index in [1.807, 2.05) is 18.4 Å². The zero-order valence-corrected chi connectivity index (χ0v) is 12.9. The molecule has 2 heterocycles. The average molecular weight is 287 g/mol. The maximum Gasteiger partial charge on any atom is 0.124 e. The lowest BCUT2D eigenvalue weighted by molar-refractivity contribution is 0.298. The summed E-state index contributed by atoms with van der Waals surface area (Å²) >= 11 is 1.61. The SMILES string of the molecule is Cc1nc(C#CC(/C=C\CN2CCCC2C)=C/N)cs1. The van der Waals surface area contributed by atoms with Crippen LogP contribution in [0.25, 0.3) is 0 Å². The third-order valence-corrected chi connectivity index (χ3v) is 4.23. The summed E-state index contributed by atoms with van der Waals surface area (Å²) in [6, 6.07) is 0.689. The number of allylic oxidation sites excluding steroid dienone is 2. The van der Waals surface area contributed by atoms with Gasteiger partial charge in [-0.05, 0) is 45.2 Å². The van der Waals surface area contributed by atoms with E-state index in [-0.39, 0.29) is 0 Å². The first kappa shape index (κ1) is 14.8. The first-order valence-electron chi connectivity index (χ1n) is 6.95. The Labute approximate surface area is 125 Å². The molecule has 0 amide bonds. The van der Waals surface area contributed by atoms with Gasteiger partial charge in [0.15, 0.2) is 0 Å². The largest absolute Gasteiger partial charge is 0.404 e. The number of hydrogen-bond acceptors (Lipinski definition) is 4. The predicted octanol–water partition coefficient (Wildman–Crippen LogP) is 2.69. The Morgan fingerprint density at radius 1 is 1.65 bits per heavy atom. The molecule has 2 rings (SSSR count). The standard InChI is InChI=1S/C16H21N3S/c1-13-5-3-9-19(13)10-4-6-15(11-17)7-8-16-12-20-14(2)18-16/h4,6,11-13H,3,5,9-10,17H2,1-2H3/b6-4-,15-11+. The van der Waals surface area contributed by atoms with Crippen molar-refractivity contribution in [3.63, 3.8) is 0 Å². The number of nitrogens with zero attached hydrogens (tertiary/aromatic N) is 2. The summed E-state index contributed by atoms with van der Waals surface area (Å²) in [4.78, 5) is 6.79. The molecule has 1 aliphatic heterocycles. The minimum atomic E-state index is 0.689. The zero-order chi connectivity index (χ0) is 14.4. The molecule has 1 atom stereocenters. The quantitative estimate of drug-likeness (QED) is 0.686. The topological polar surface area (TPSA) is 42.2 Å². The summed E-state index contributed by atoms with van der Waals surface area (Å²) in [5, 5.41) is 3.00. The number of hydrogen-bond donors (Lipinski definition) is 1. The molecule has 1 aromatic rings. The highest BCUT2D eigenvalue weighted by Gasteiger charge is 2.17. The molecule has 2 N–H and O–H groups in total. The highest BCUT2D eigenvalue weighted by molar-refractivity contribution is 7.09. The third-order valence-electron chi connectivity index (χ3n) is 3.46. The molecule has 0 spiro atoms. The van der Waals surface area contributed by atoms with Gasteiger partial charge in [0.2, 0.25) is 0 Å². The number of thiazole rings is 1. The van der Waals surface area contributed by atoms with E-state index in [1.54, 1.807) is 17.5 Å². The van der Waals surface area contributed by atoms with Gasteiger partial charge in [0.05, 0.1) is 5.01 Å². The van der Waals surface area contributed by atoms with Gasteiger partial charge >= 0.3 is 0 Å². The molecule has 0 saturated carbocycles. The van der Waals surface area contributed by atoms with Crippen LogP contribution >= 0.6 is 11.3 Å². The van der Waals surface area contributed by atoms with E-state index < -0.39 is 0 Å². The normalized spacial score (nSPS) is 20.3. The molecule has 1 fully saturated rings. The highest BCUT2D eigenvalue weighted by atomic mass is 32.1. The molecular weight excluding hydrogens is 266 g/mol. The van der Waals surface area contributed by atoms with Gasteiger partial charge in [0, 0.05) is 29.7 Å². The van der Waals surface area contributed by atoms with Crippen molar-refractivity contribution >= 4 is 11.3 Å². The summed E-state index contributed by atoms with van der Waals surface area (Å²) in [7, 11) is 0. The lowest BCUT2D eigenvalue weighted by atomic mass is 10.2. The van der Waals surface area contributed by atoms with Crippen LogP contribution < -0.4 is 5.73 Å². The smallest absolute Gasteiger partial charge is 0.124 e. The van der Waals surface area contributed by atoms with E-state index in [1.165, 1.54) is 19.4 Å². The monoisotopic (exact) mass is 287 g/mol. The van der Waals surface area contributed by atoms with Gasteiger partial charge < -0.3 is 5.73 Å². The van der Waals surface area contributed by atoms with E-state index in [0.717, 1.165) is 22.8 Å². The van der Waals surface area contributed by atoms with Crippen LogP contribution in [-0.4, -0.2) is 29.0 Å². The van der Waals surface area contributed by atoms with E-state index in [4.69, 9.17) is 5.73 Å². The van der Waals surface area contributed by atoms with Crippen LogP contribution in [0.2, 0.25) is 0 Å². The fraction of sp³-hybridized carbons (Fsp3) is 0.438. The maximum absolute atomic E-state index is 5.62. The first-order valence-corrected chi connectivity index (χ1v) is 7.83. The predicted molar refractivity (Wildman–Crippen MR) is 85.4 cm³/mol. The van der Waals surface area contributed by atoms with Crippen LogP contribution in [0.5, 0.6) is 0 Å². The Morgan fingerprint density at radius 2 is 2.50 bits per heavy atom. The second-order valence-corrected chi connectivity index (χ2v) is 6.07. The average Bonchev–Trinajstić information content (AvgIpc) is 3.03. The summed E-state index contributed by atoms with van der Waals surface area (Å²) in [6.07, 6.45) is 8.29. The highest BCUT2D eigenvalue weighted by Crippen LogP contribution is 2.15. The second kappa shape index (κ2) is 7.28. The molecule has 1 saturated heterocycles. The molecule has 0 bridgehead atoms. The van der Waals surface area contributed by atoms with E-state index in [0.29, 0.717) is 6.04 Å². The maximum atomic E-state index is 5.62. The van der Waals surface area contributed by atoms with Crippen molar-refractivity contribution in [2.75, 3.05) is 13.1 Å². The Kier molecular flexibility index (Phi) is 5.40. The molecule has 0 aliphatic carbocycles. The third kappa shape index (κ3) is 4.22. The van der Waals surface area contributed by atoms with Gasteiger partial charge in [-0.15, -0.1) is 11.3 Å². The van der Waals surface area contributed by atoms with Crippen molar-refractivity contribution < 1.29 is 0 Å². The van der Waals surface area contributed by atoms with Crippen molar-refractivity contribution in [3.05, 3.63) is 40.0 Å². The van der Waals surface area contributed by atoms with Gasteiger partial charge in [0.1, 0.15) is 5.69 Å². The molecule has 4 heteroatoms. The van der Waals surface area contributed by atoms with Crippen molar-refractivity contribution in [3.8, 4) is 11.8 Å². The Hall–Kier alpha value is -1.57. The molecular formula is C16H21N3S. The Balaban J connectivity index is 1.91. The molecule has 106 valence electrons. The van der Waals surface area contributed by atoms with Crippen LogP contribution in [0, 0.1) is 18.8 Å². The molecule has 20 heavy (non-hydrogen) atoms. The van der Waals surface area contributed by atoms with Crippen LogP contribution in [-0.2, 0) is 0 Å². The Bertz CT molecular complexity index is 560. The lowest BCUT2D eigenvalue weighted by Crippen LogP contribution is -2.26. The number of aryl methyl sites for hydroxylation is 1. The molecule has 1 unspecified atom stereocenters. The summed E-state index contributed by atoms with van der Waals surface area (Å²) in [5.74, 6) is 6.10. The van der Waals surface area contributed by atoms with Gasteiger partial charge in [-0.3, -0.25) is 4.90 Å². The van der Waals surface area contributed by atoms with Crippen molar-refractivity contribution in [2.24, 2.45) is 5.73 Å². The molecule has 1 aliphatic rings. The fourth-order valence-corrected chi connectivity index (χ4v) is 2.82. The fourth-order valence-electron chi connectivity index (χ4n) is 2.27. The Morgan fingerprint density at radius 3 is 3.10 bits per heavy atom. The molecule has 3 nitrogen and oxygen atoms in total. The number of nitrogens with two attached hydrogens (primary N) is 1. The molecule has 0 radical (unpaired) electrons. The van der Waals surface area contributed by atoms with Crippen LogP contribution in [0.15, 0.2) is 29.3 Å². The number of rotatable bonds is 3. The minimum Gasteiger partial charge on any atom is -0.404 e. The summed E-state index contributed by atoms with van der Waals surface area (Å²) < 4.78 is 0. The van der Waals surface area contributed by atoms with Crippen molar-refractivity contribution in [1.29, 1.82) is 0 Å². The zero-order valence-electron chi connectivity index (χ0n) is 12.1. The van der Waals surface area contributed by atoms with Crippen molar-refractivity contribution in [1.82, 2.24) is 9.88 Å². The first-order chi connectivity index (χ1) is 9.69. The van der Waals surface area contributed by atoms with E-state index in [9.17, 15) is 0 Å². The van der Waals surface area contributed by atoms with Crippen LogP contribution in [0.1, 0.15) is 30.5 Å². The van der Waals surface area contributed by atoms with E-state index in [2.05, 4.69) is 34.7 Å². The number of likely N-dealkylation sites (tertiary alicyclic amines) is 1. The number of aromatic nitrogens is 1. The van der Waals surface area contributed by atoms with Crippen LogP contribution in [0.4, 0.5) is 0 Å². The minimum absolute atomic E-state index is 0.689. The molecule has 1 aromatic heterocycles. The summed E-state index contributed by atoms with van der Waals surface area (Å²) in [5.41, 5.74) is 7.27. The molecule has 0 aromatic carbocycles. The van der Waals surface area contributed by atoms with Gasteiger partial charge in [-0.1, -0.05) is 12.0 Å². The second-order valence-electron chi connectivity index (χ2n) is 5.01. The lowest BCUT2D eigenvalue weighted by Gasteiger charge is -2.18. The summed E-state index contributed by atoms with van der Waals surface area (Å²) in [6.45, 7) is 6.42. The van der Waals surface area contributed by atoms with Gasteiger partial charge in [0.25, 0.3) is 0 Å².